The molecule has 2 aliphatic heterocycles. The Hall–Kier alpha value is -2.32. The average molecular weight is 531 g/mol. The first-order valence-electron chi connectivity index (χ1n) is 10.4. The topological polar surface area (TPSA) is 147 Å². The van der Waals surface area contributed by atoms with Crippen molar-refractivity contribution in [2.24, 2.45) is 5.16 Å². The van der Waals surface area contributed by atoms with Gasteiger partial charge in [-0.15, -0.1) is 34.9 Å². The molecule has 14 heteroatoms. The van der Waals surface area contributed by atoms with Crippen LogP contribution in [0, 0.1) is 0 Å². The van der Waals surface area contributed by atoms with Gasteiger partial charge in [0.25, 0.3) is 5.91 Å². The Labute approximate surface area is 209 Å². The Morgan fingerprint density at radius 2 is 2.15 bits per heavy atom. The molecule has 0 aliphatic carbocycles. The Bertz CT molecular complexity index is 979. The van der Waals surface area contributed by atoms with E-state index < -0.39 is 40.8 Å². The number of ether oxygens (including phenoxy) is 1. The van der Waals surface area contributed by atoms with Gasteiger partial charge in [0.05, 0.1) is 5.51 Å². The molecule has 0 spiro atoms. The Morgan fingerprint density at radius 1 is 1.41 bits per heavy atom. The molecule has 2 fully saturated rings. The Morgan fingerprint density at radius 3 is 2.74 bits per heavy atom. The van der Waals surface area contributed by atoms with Gasteiger partial charge in [0, 0.05) is 17.7 Å². The standard InChI is InChI=1S/C20H26N4O7S3/c1-5-34-20(18(28)29)8-24-16(27)14(17(24)33-9-20)22-15(26)13(11-7-32-10-21-11)23-30-6-12(25)31-19(2,3)4/h7,10,14,17H,5-6,8-9H2,1-4H3,(H,22,26)(H,28,29)/t14?,17-,20?/m1/s1. The normalized spacial score (nSPS) is 24.6. The molecule has 0 saturated carbocycles. The molecule has 2 amide bonds. The van der Waals surface area contributed by atoms with Crippen LogP contribution in [0.25, 0.3) is 0 Å². The van der Waals surface area contributed by atoms with Crippen LogP contribution in [-0.2, 0) is 28.8 Å². The lowest BCUT2D eigenvalue weighted by molar-refractivity contribution is -0.160. The zero-order chi connectivity index (χ0) is 25.1. The maximum Gasteiger partial charge on any atom is 0.347 e. The minimum atomic E-state index is -1.07. The SMILES string of the molecule is CCSC1(C(=O)O)CS[C@@H]2C(NC(=O)C(=NOCC(=O)OC(C)(C)C)c3cscn3)C(=O)N2C1. The molecule has 3 heterocycles. The second kappa shape index (κ2) is 10.5. The predicted molar refractivity (Wildman–Crippen MR) is 129 cm³/mol. The van der Waals surface area contributed by atoms with Crippen molar-refractivity contribution in [2.75, 3.05) is 24.7 Å². The van der Waals surface area contributed by atoms with E-state index in [0.29, 0.717) is 11.5 Å². The number of fused-ring (bicyclic) bond motifs is 1. The molecule has 2 saturated heterocycles. The van der Waals surface area contributed by atoms with Gasteiger partial charge in [-0.25, -0.2) is 9.78 Å². The molecule has 186 valence electrons. The highest BCUT2D eigenvalue weighted by molar-refractivity contribution is 8.05. The fraction of sp³-hybridized carbons (Fsp3) is 0.600. The van der Waals surface area contributed by atoms with Gasteiger partial charge in [0.1, 0.15) is 27.5 Å². The van der Waals surface area contributed by atoms with Gasteiger partial charge < -0.3 is 24.9 Å². The lowest BCUT2D eigenvalue weighted by atomic mass is 10.0. The van der Waals surface area contributed by atoms with Gasteiger partial charge in [0.15, 0.2) is 5.71 Å². The smallest absolute Gasteiger partial charge is 0.347 e. The second-order valence-corrected chi connectivity index (χ2v) is 12.0. The third-order valence-electron chi connectivity index (χ3n) is 4.80. The number of oxime groups is 1. The summed E-state index contributed by atoms with van der Waals surface area (Å²) in [5.41, 5.74) is 0.867. The number of amides is 2. The number of hydrogen-bond donors (Lipinski definition) is 2. The molecule has 3 atom stereocenters. The van der Waals surface area contributed by atoms with Gasteiger partial charge >= 0.3 is 11.9 Å². The number of aliphatic carboxylic acids is 1. The molecule has 2 N–H and O–H groups in total. The number of hydrogen-bond acceptors (Lipinski definition) is 11. The van der Waals surface area contributed by atoms with Crippen molar-refractivity contribution in [1.82, 2.24) is 15.2 Å². The molecule has 3 rings (SSSR count). The van der Waals surface area contributed by atoms with Crippen molar-refractivity contribution in [3.63, 3.8) is 0 Å². The number of thiazole rings is 1. The van der Waals surface area contributed by atoms with E-state index in [1.165, 1.54) is 45.3 Å². The van der Waals surface area contributed by atoms with Crippen LogP contribution in [0.2, 0.25) is 0 Å². The van der Waals surface area contributed by atoms with Gasteiger partial charge in [-0.2, -0.15) is 0 Å². The summed E-state index contributed by atoms with van der Waals surface area (Å²) in [6.07, 6.45) is 0. The zero-order valence-corrected chi connectivity index (χ0v) is 21.6. The van der Waals surface area contributed by atoms with E-state index in [9.17, 15) is 24.3 Å². The molecule has 11 nitrogen and oxygen atoms in total. The molecule has 1 aromatic heterocycles. The number of carboxylic acids is 1. The summed E-state index contributed by atoms with van der Waals surface area (Å²) in [5, 5.41) is 17.3. The van der Waals surface area contributed by atoms with Crippen LogP contribution in [0.1, 0.15) is 33.4 Å². The lowest BCUT2D eigenvalue weighted by Gasteiger charge is -2.53. The van der Waals surface area contributed by atoms with Crippen LogP contribution in [0.3, 0.4) is 0 Å². The number of carbonyl (C=O) groups excluding carboxylic acids is 3. The number of thioether (sulfide) groups is 2. The molecule has 0 bridgehead atoms. The highest BCUT2D eigenvalue weighted by Crippen LogP contribution is 2.43. The maximum absolute atomic E-state index is 13.0. The van der Waals surface area contributed by atoms with E-state index in [1.807, 2.05) is 6.92 Å². The number of aromatic nitrogens is 1. The van der Waals surface area contributed by atoms with Crippen LogP contribution in [0.4, 0.5) is 0 Å². The number of rotatable bonds is 9. The molecule has 0 radical (unpaired) electrons. The van der Waals surface area contributed by atoms with Gasteiger partial charge in [-0.05, 0) is 26.5 Å². The monoisotopic (exact) mass is 530 g/mol. The van der Waals surface area contributed by atoms with E-state index in [1.54, 1.807) is 26.2 Å². The van der Waals surface area contributed by atoms with Gasteiger partial charge in [0.2, 0.25) is 12.5 Å². The van der Waals surface area contributed by atoms with Crippen molar-refractivity contribution in [2.45, 2.75) is 49.5 Å². The number of nitrogens with one attached hydrogen (secondary N) is 1. The highest BCUT2D eigenvalue weighted by atomic mass is 32.2. The summed E-state index contributed by atoms with van der Waals surface area (Å²) < 4.78 is 4.08. The van der Waals surface area contributed by atoms with E-state index in [4.69, 9.17) is 9.57 Å². The third-order valence-corrected chi connectivity index (χ3v) is 8.39. The molecular weight excluding hydrogens is 504 g/mol. The minimum Gasteiger partial charge on any atom is -0.480 e. The largest absolute Gasteiger partial charge is 0.480 e. The predicted octanol–water partition coefficient (Wildman–Crippen LogP) is 1.18. The molecule has 1 aromatic rings. The maximum atomic E-state index is 13.0. The Kier molecular flexibility index (Phi) is 8.14. The first-order chi connectivity index (χ1) is 16.0. The van der Waals surface area contributed by atoms with Gasteiger partial charge in [-0.1, -0.05) is 12.1 Å². The number of esters is 1. The van der Waals surface area contributed by atoms with Crippen LogP contribution >= 0.6 is 34.9 Å². The molecular formula is C20H26N4O7S3. The molecule has 0 aromatic carbocycles. The summed E-state index contributed by atoms with van der Waals surface area (Å²) in [7, 11) is 0. The van der Waals surface area contributed by atoms with Crippen LogP contribution in [0.15, 0.2) is 16.0 Å². The van der Waals surface area contributed by atoms with Crippen molar-refractivity contribution in [1.29, 1.82) is 0 Å². The number of carboxylic acid groups (broad SMARTS) is 1. The van der Waals surface area contributed by atoms with E-state index >= 15 is 0 Å². The molecule has 34 heavy (non-hydrogen) atoms. The van der Waals surface area contributed by atoms with Crippen molar-refractivity contribution in [3.8, 4) is 0 Å². The second-order valence-electron chi connectivity index (χ2n) is 8.52. The van der Waals surface area contributed by atoms with Gasteiger partial charge in [-0.3, -0.25) is 14.4 Å². The first-order valence-corrected chi connectivity index (χ1v) is 13.4. The summed E-state index contributed by atoms with van der Waals surface area (Å²) in [4.78, 5) is 60.0. The highest BCUT2D eigenvalue weighted by Gasteiger charge is 2.57. The fourth-order valence-corrected chi connectivity index (χ4v) is 6.74. The quantitative estimate of drug-likeness (QED) is 0.206. The summed E-state index contributed by atoms with van der Waals surface area (Å²) in [6, 6.07) is -0.828. The number of carbonyl (C=O) groups is 4. The van der Waals surface area contributed by atoms with Crippen molar-refractivity contribution < 1.29 is 33.9 Å². The van der Waals surface area contributed by atoms with E-state index in [-0.39, 0.29) is 29.2 Å². The fourth-order valence-electron chi connectivity index (χ4n) is 3.37. The van der Waals surface area contributed by atoms with Crippen LogP contribution < -0.4 is 5.32 Å². The van der Waals surface area contributed by atoms with E-state index in [2.05, 4.69) is 15.5 Å². The zero-order valence-electron chi connectivity index (χ0n) is 19.1. The number of nitrogens with zero attached hydrogens (tertiary/aromatic N) is 3. The minimum absolute atomic E-state index is 0.0791. The Balaban J connectivity index is 1.66. The van der Waals surface area contributed by atoms with Crippen LogP contribution in [0.5, 0.6) is 0 Å². The summed E-state index contributed by atoms with van der Waals surface area (Å²) in [5.74, 6) is -1.73. The number of β-lactam (4-membered cyclic amide) rings is 1. The van der Waals surface area contributed by atoms with Crippen LogP contribution in [-0.4, -0.2) is 90.9 Å². The summed E-state index contributed by atoms with van der Waals surface area (Å²) >= 11 is 3.86. The third kappa shape index (κ3) is 5.84. The summed E-state index contributed by atoms with van der Waals surface area (Å²) in [6.45, 7) is 6.59. The average Bonchev–Trinajstić information content (AvgIpc) is 3.28. The molecule has 2 unspecified atom stereocenters. The molecule has 2 aliphatic rings. The first kappa shape index (κ1) is 26.3. The van der Waals surface area contributed by atoms with E-state index in [0.717, 1.165) is 0 Å². The van der Waals surface area contributed by atoms with Crippen molar-refractivity contribution >= 4 is 64.3 Å². The lowest BCUT2D eigenvalue weighted by Crippen LogP contribution is -2.74. The van der Waals surface area contributed by atoms with Crippen molar-refractivity contribution in [3.05, 3.63) is 16.6 Å².